The van der Waals surface area contributed by atoms with E-state index in [1.54, 1.807) is 0 Å². The van der Waals surface area contributed by atoms with Crippen molar-refractivity contribution in [3.8, 4) is 33.9 Å². The van der Waals surface area contributed by atoms with E-state index in [0.717, 1.165) is 39.8 Å². The summed E-state index contributed by atoms with van der Waals surface area (Å²) >= 11 is 0. The molecule has 3 heteroatoms. The monoisotopic (exact) mass is 628 g/mol. The SMILES string of the molecule is c1ccc(Oc2ccc(N(c3ccccc3)c3ccc(-c4cc5ccccc5c5c(-c6ccccc6)c6ccccc6n45)cc3)cc2)cc1. The molecule has 0 unspecified atom stereocenters. The molecule has 2 heterocycles. The predicted molar refractivity (Wildman–Crippen MR) is 204 cm³/mol. The van der Waals surface area contributed by atoms with Crippen molar-refractivity contribution in [1.29, 1.82) is 0 Å². The molecule has 7 aromatic carbocycles. The Kier molecular flexibility index (Phi) is 7.14. The minimum atomic E-state index is 0.799. The van der Waals surface area contributed by atoms with E-state index in [-0.39, 0.29) is 0 Å². The van der Waals surface area contributed by atoms with Crippen molar-refractivity contribution in [1.82, 2.24) is 4.40 Å². The molecule has 0 fully saturated rings. The van der Waals surface area contributed by atoms with Crippen LogP contribution in [0.1, 0.15) is 0 Å². The van der Waals surface area contributed by atoms with Gasteiger partial charge in [0.25, 0.3) is 0 Å². The number of pyridine rings is 1. The molecule has 0 saturated heterocycles. The van der Waals surface area contributed by atoms with Gasteiger partial charge in [0.1, 0.15) is 11.5 Å². The first-order valence-electron chi connectivity index (χ1n) is 16.6. The van der Waals surface area contributed by atoms with E-state index in [4.69, 9.17) is 4.74 Å². The molecule has 0 atom stereocenters. The fraction of sp³-hybridized carbons (Fsp3) is 0. The smallest absolute Gasteiger partial charge is 0.127 e. The summed E-state index contributed by atoms with van der Waals surface area (Å²) in [6, 6.07) is 68.2. The quantitative estimate of drug-likeness (QED) is 0.175. The van der Waals surface area contributed by atoms with Crippen molar-refractivity contribution in [2.45, 2.75) is 0 Å². The van der Waals surface area contributed by atoms with Crippen LogP contribution in [0.25, 0.3) is 49.6 Å². The summed E-state index contributed by atoms with van der Waals surface area (Å²) in [7, 11) is 0. The first-order chi connectivity index (χ1) is 24.3. The molecule has 232 valence electrons. The minimum absolute atomic E-state index is 0.799. The Labute approximate surface area is 285 Å². The van der Waals surface area contributed by atoms with Crippen molar-refractivity contribution < 1.29 is 4.74 Å². The van der Waals surface area contributed by atoms with Gasteiger partial charge in [0, 0.05) is 33.4 Å². The molecular weight excluding hydrogens is 597 g/mol. The van der Waals surface area contributed by atoms with E-state index in [1.807, 2.05) is 42.5 Å². The normalized spacial score (nSPS) is 11.3. The van der Waals surface area contributed by atoms with E-state index in [0.29, 0.717) is 0 Å². The maximum Gasteiger partial charge on any atom is 0.127 e. The predicted octanol–water partition coefficient (Wildman–Crippen LogP) is 12.8. The van der Waals surface area contributed by atoms with Gasteiger partial charge in [-0.1, -0.05) is 121 Å². The number of hydrogen-bond acceptors (Lipinski definition) is 2. The molecule has 9 aromatic rings. The highest BCUT2D eigenvalue weighted by molar-refractivity contribution is 6.16. The number of nitrogens with zero attached hydrogens (tertiary/aromatic N) is 2. The number of anilines is 3. The van der Waals surface area contributed by atoms with Crippen LogP contribution >= 0.6 is 0 Å². The average molecular weight is 629 g/mol. The lowest BCUT2D eigenvalue weighted by Gasteiger charge is -2.26. The molecule has 0 bridgehead atoms. The number of ether oxygens (including phenoxy) is 1. The summed E-state index contributed by atoms with van der Waals surface area (Å²) in [4.78, 5) is 2.28. The molecule has 3 nitrogen and oxygen atoms in total. The van der Waals surface area contributed by atoms with Crippen molar-refractivity contribution in [3.05, 3.63) is 194 Å². The molecule has 49 heavy (non-hydrogen) atoms. The third-order valence-corrected chi connectivity index (χ3v) is 9.20. The molecule has 2 aromatic heterocycles. The molecule has 0 amide bonds. The van der Waals surface area contributed by atoms with Crippen LogP contribution < -0.4 is 9.64 Å². The fourth-order valence-electron chi connectivity index (χ4n) is 7.00. The van der Waals surface area contributed by atoms with Crippen molar-refractivity contribution in [2.24, 2.45) is 0 Å². The van der Waals surface area contributed by atoms with Crippen LogP contribution in [0.2, 0.25) is 0 Å². The van der Waals surface area contributed by atoms with Crippen LogP contribution in [0.15, 0.2) is 194 Å². The largest absolute Gasteiger partial charge is 0.457 e. The number of aromatic nitrogens is 1. The van der Waals surface area contributed by atoms with Gasteiger partial charge in [-0.05, 0) is 89.3 Å². The number of benzene rings is 7. The van der Waals surface area contributed by atoms with Gasteiger partial charge in [-0.2, -0.15) is 0 Å². The summed E-state index contributed by atoms with van der Waals surface area (Å²) in [5, 5.41) is 3.71. The molecule has 0 spiro atoms. The Morgan fingerprint density at radius 3 is 1.65 bits per heavy atom. The van der Waals surface area contributed by atoms with E-state index < -0.39 is 0 Å². The fourth-order valence-corrected chi connectivity index (χ4v) is 7.00. The molecule has 0 aliphatic carbocycles. The third kappa shape index (κ3) is 5.18. The zero-order valence-corrected chi connectivity index (χ0v) is 26.8. The molecular formula is C46H32N2O. The highest BCUT2D eigenvalue weighted by Crippen LogP contribution is 2.43. The van der Waals surface area contributed by atoms with Gasteiger partial charge in [-0.3, -0.25) is 0 Å². The molecule has 0 aliphatic heterocycles. The second kappa shape index (κ2) is 12.2. The van der Waals surface area contributed by atoms with E-state index in [9.17, 15) is 0 Å². The average Bonchev–Trinajstić information content (AvgIpc) is 3.53. The maximum atomic E-state index is 6.09. The number of para-hydroxylation sites is 3. The van der Waals surface area contributed by atoms with Gasteiger partial charge in [-0.15, -0.1) is 0 Å². The van der Waals surface area contributed by atoms with Crippen LogP contribution in [-0.2, 0) is 0 Å². The van der Waals surface area contributed by atoms with Crippen molar-refractivity contribution >= 4 is 44.3 Å². The van der Waals surface area contributed by atoms with Crippen LogP contribution in [0, 0.1) is 0 Å². The first-order valence-corrected chi connectivity index (χ1v) is 16.6. The number of rotatable bonds is 7. The van der Waals surface area contributed by atoms with Gasteiger partial charge in [0.05, 0.1) is 16.7 Å². The van der Waals surface area contributed by atoms with Gasteiger partial charge >= 0.3 is 0 Å². The van der Waals surface area contributed by atoms with E-state index in [2.05, 4.69) is 161 Å². The zero-order valence-electron chi connectivity index (χ0n) is 26.8. The summed E-state index contributed by atoms with van der Waals surface area (Å²) < 4.78 is 8.55. The lowest BCUT2D eigenvalue weighted by atomic mass is 9.99. The summed E-state index contributed by atoms with van der Waals surface area (Å²) in [5.41, 5.74) is 10.4. The second-order valence-corrected chi connectivity index (χ2v) is 12.2. The van der Waals surface area contributed by atoms with Gasteiger partial charge in [-0.25, -0.2) is 0 Å². The lowest BCUT2D eigenvalue weighted by Crippen LogP contribution is -2.09. The minimum Gasteiger partial charge on any atom is -0.457 e. The molecule has 0 aliphatic rings. The first kappa shape index (κ1) is 28.6. The molecule has 0 N–H and O–H groups in total. The van der Waals surface area contributed by atoms with E-state index in [1.165, 1.54) is 38.3 Å². The Morgan fingerprint density at radius 1 is 0.408 bits per heavy atom. The number of hydrogen-bond donors (Lipinski definition) is 0. The highest BCUT2D eigenvalue weighted by Gasteiger charge is 2.20. The lowest BCUT2D eigenvalue weighted by molar-refractivity contribution is 0.483. The van der Waals surface area contributed by atoms with Crippen LogP contribution in [0.4, 0.5) is 17.1 Å². The van der Waals surface area contributed by atoms with Crippen LogP contribution in [0.3, 0.4) is 0 Å². The Balaban J connectivity index is 1.18. The summed E-state index contributed by atoms with van der Waals surface area (Å²) in [6.45, 7) is 0. The summed E-state index contributed by atoms with van der Waals surface area (Å²) in [6.07, 6.45) is 0. The van der Waals surface area contributed by atoms with Gasteiger partial charge < -0.3 is 14.0 Å². The van der Waals surface area contributed by atoms with Gasteiger partial charge in [0.15, 0.2) is 0 Å². The van der Waals surface area contributed by atoms with Crippen LogP contribution in [0.5, 0.6) is 11.5 Å². The summed E-state index contributed by atoms with van der Waals surface area (Å²) in [5.74, 6) is 1.62. The zero-order chi connectivity index (χ0) is 32.6. The van der Waals surface area contributed by atoms with Crippen molar-refractivity contribution in [3.63, 3.8) is 0 Å². The number of fused-ring (bicyclic) bond motifs is 5. The molecule has 0 radical (unpaired) electrons. The Hall–Kier alpha value is -6.58. The molecule has 9 rings (SSSR count). The topological polar surface area (TPSA) is 16.9 Å². The molecule has 0 saturated carbocycles. The maximum absolute atomic E-state index is 6.09. The standard InChI is InChI=1S/C46H32N2O/c1-4-14-34(15-5-1)45-42-22-12-13-23-43(42)48-44(32-35-16-10-11-21-41(35)46(45)48)33-24-26-37(27-25-33)47(36-17-6-2-7-18-36)38-28-30-40(31-29-38)49-39-19-8-3-9-20-39/h1-32H. The Morgan fingerprint density at radius 2 is 0.939 bits per heavy atom. The van der Waals surface area contributed by atoms with Gasteiger partial charge in [0.2, 0.25) is 0 Å². The highest BCUT2D eigenvalue weighted by atomic mass is 16.5. The Bertz CT molecular complexity index is 2540. The van der Waals surface area contributed by atoms with Crippen molar-refractivity contribution in [2.75, 3.05) is 4.90 Å². The third-order valence-electron chi connectivity index (χ3n) is 9.20. The van der Waals surface area contributed by atoms with E-state index >= 15 is 0 Å². The second-order valence-electron chi connectivity index (χ2n) is 12.2. The van der Waals surface area contributed by atoms with Crippen LogP contribution in [-0.4, -0.2) is 4.40 Å².